The topological polar surface area (TPSA) is 106 Å². The molecule has 0 saturated carbocycles. The van der Waals surface area contributed by atoms with Crippen LogP contribution in [0.3, 0.4) is 0 Å². The monoisotopic (exact) mass is 441 g/mol. The number of carbonyl (C=O) groups excluding carboxylic acids is 2. The minimum atomic E-state index is -0.811. The summed E-state index contributed by atoms with van der Waals surface area (Å²) < 4.78 is 16.0. The summed E-state index contributed by atoms with van der Waals surface area (Å²) in [5.41, 5.74) is 1.02. The van der Waals surface area contributed by atoms with Gasteiger partial charge in [0.05, 0.1) is 45.2 Å². The van der Waals surface area contributed by atoms with E-state index in [0.29, 0.717) is 29.2 Å². The summed E-state index contributed by atoms with van der Waals surface area (Å²) in [7, 11) is 1.53. The summed E-state index contributed by atoms with van der Waals surface area (Å²) in [5.74, 6) is -0.567. The van der Waals surface area contributed by atoms with Gasteiger partial charge < -0.3 is 29.3 Å². The van der Waals surface area contributed by atoms with Gasteiger partial charge in [-0.2, -0.15) is 0 Å². The molecule has 8 nitrogen and oxygen atoms in total. The van der Waals surface area contributed by atoms with E-state index in [2.05, 4.69) is 0 Å². The number of aliphatic hydroxyl groups is 2. The first kappa shape index (κ1) is 23.3. The van der Waals surface area contributed by atoms with Crippen LogP contribution in [-0.4, -0.2) is 66.9 Å². The molecule has 32 heavy (non-hydrogen) atoms. The number of Topliss-reactive ketones (excluding diaryl/α,β-unsaturated/α-hetero) is 1. The fourth-order valence-corrected chi connectivity index (χ4v) is 3.63. The number of hydrogen-bond donors (Lipinski definition) is 2. The highest BCUT2D eigenvalue weighted by Crippen LogP contribution is 2.40. The Morgan fingerprint density at radius 1 is 1.06 bits per heavy atom. The fourth-order valence-electron chi connectivity index (χ4n) is 3.63. The van der Waals surface area contributed by atoms with Crippen LogP contribution in [0.15, 0.2) is 54.1 Å². The van der Waals surface area contributed by atoms with E-state index in [1.54, 1.807) is 48.5 Å². The maximum atomic E-state index is 13.0. The van der Waals surface area contributed by atoms with E-state index in [4.69, 9.17) is 19.3 Å². The van der Waals surface area contributed by atoms with Crippen LogP contribution in [0.1, 0.15) is 24.1 Å². The lowest BCUT2D eigenvalue weighted by atomic mass is 9.95. The molecule has 0 bridgehead atoms. The number of hydrogen-bond acceptors (Lipinski definition) is 7. The average molecular weight is 441 g/mol. The van der Waals surface area contributed by atoms with Crippen molar-refractivity contribution in [3.05, 3.63) is 65.2 Å². The molecule has 1 heterocycles. The molecule has 1 aliphatic heterocycles. The van der Waals surface area contributed by atoms with Crippen LogP contribution in [-0.2, 0) is 14.3 Å². The summed E-state index contributed by atoms with van der Waals surface area (Å²) in [5, 5.41) is 20.0. The van der Waals surface area contributed by atoms with Crippen LogP contribution in [0.25, 0.3) is 5.76 Å². The standard InChI is InChI=1S/C24H27NO7/c1-3-32-18-9-7-16(8-10-18)22(27)20-21(17-5-4-6-19(15-17)30-2)25(24(29)23(20)28)11-13-31-14-12-26/h4-10,15,21,26-27H,3,11-14H2,1-2H3/b22-20-/t21-/m1/s1. The van der Waals surface area contributed by atoms with Crippen molar-refractivity contribution < 1.29 is 34.0 Å². The lowest BCUT2D eigenvalue weighted by molar-refractivity contribution is -0.140. The molecule has 0 radical (unpaired) electrons. The Morgan fingerprint density at radius 2 is 1.81 bits per heavy atom. The van der Waals surface area contributed by atoms with Crippen LogP contribution in [0.5, 0.6) is 11.5 Å². The number of ketones is 1. The van der Waals surface area contributed by atoms with Crippen LogP contribution in [0, 0.1) is 0 Å². The molecule has 1 atom stereocenters. The molecular formula is C24H27NO7. The molecule has 8 heteroatoms. The minimum Gasteiger partial charge on any atom is -0.507 e. The fraction of sp³-hybridized carbons (Fsp3) is 0.333. The summed E-state index contributed by atoms with van der Waals surface area (Å²) in [6.07, 6.45) is 0. The van der Waals surface area contributed by atoms with E-state index in [1.165, 1.54) is 12.0 Å². The number of aliphatic hydroxyl groups excluding tert-OH is 2. The normalized spacial score (nSPS) is 17.6. The predicted molar refractivity (Wildman–Crippen MR) is 118 cm³/mol. The number of benzene rings is 2. The van der Waals surface area contributed by atoms with E-state index in [-0.39, 0.29) is 37.7 Å². The zero-order valence-electron chi connectivity index (χ0n) is 18.1. The van der Waals surface area contributed by atoms with Gasteiger partial charge in [-0.15, -0.1) is 0 Å². The van der Waals surface area contributed by atoms with Crippen molar-refractivity contribution in [1.82, 2.24) is 4.90 Å². The van der Waals surface area contributed by atoms with Gasteiger partial charge in [0.25, 0.3) is 11.7 Å². The molecule has 1 amide bonds. The van der Waals surface area contributed by atoms with Crippen LogP contribution >= 0.6 is 0 Å². The molecule has 1 saturated heterocycles. The summed E-state index contributed by atoms with van der Waals surface area (Å²) >= 11 is 0. The maximum absolute atomic E-state index is 13.0. The number of ether oxygens (including phenoxy) is 3. The van der Waals surface area contributed by atoms with E-state index in [1.807, 2.05) is 6.92 Å². The van der Waals surface area contributed by atoms with Crippen molar-refractivity contribution in [1.29, 1.82) is 0 Å². The number of nitrogens with zero attached hydrogens (tertiary/aromatic N) is 1. The third kappa shape index (κ3) is 4.92. The van der Waals surface area contributed by atoms with Gasteiger partial charge in [0.15, 0.2) is 0 Å². The number of likely N-dealkylation sites (tertiary alicyclic amines) is 1. The van der Waals surface area contributed by atoms with Gasteiger partial charge in [-0.1, -0.05) is 12.1 Å². The van der Waals surface area contributed by atoms with E-state index >= 15 is 0 Å². The van der Waals surface area contributed by atoms with Crippen molar-refractivity contribution in [2.45, 2.75) is 13.0 Å². The summed E-state index contributed by atoms with van der Waals surface area (Å²) in [6, 6.07) is 12.9. The third-order valence-electron chi connectivity index (χ3n) is 5.10. The maximum Gasteiger partial charge on any atom is 0.295 e. The largest absolute Gasteiger partial charge is 0.507 e. The third-order valence-corrected chi connectivity index (χ3v) is 5.10. The predicted octanol–water partition coefficient (Wildman–Crippen LogP) is 2.52. The number of carbonyl (C=O) groups is 2. The van der Waals surface area contributed by atoms with Gasteiger partial charge in [-0.05, 0) is 48.9 Å². The minimum absolute atomic E-state index is 0.00503. The number of rotatable bonds is 10. The van der Waals surface area contributed by atoms with Crippen LogP contribution in [0.2, 0.25) is 0 Å². The van der Waals surface area contributed by atoms with Gasteiger partial charge in [-0.25, -0.2) is 0 Å². The van der Waals surface area contributed by atoms with Gasteiger partial charge in [0, 0.05) is 12.1 Å². The quantitative estimate of drug-likeness (QED) is 0.253. The van der Waals surface area contributed by atoms with Crippen molar-refractivity contribution in [2.24, 2.45) is 0 Å². The molecule has 2 aromatic rings. The Kier molecular flexibility index (Phi) is 7.86. The first-order chi connectivity index (χ1) is 15.5. The zero-order chi connectivity index (χ0) is 23.1. The Labute approximate surface area is 186 Å². The highest BCUT2D eigenvalue weighted by atomic mass is 16.5. The highest BCUT2D eigenvalue weighted by Gasteiger charge is 2.46. The molecule has 1 aliphatic rings. The van der Waals surface area contributed by atoms with E-state index in [9.17, 15) is 14.7 Å². The van der Waals surface area contributed by atoms with Crippen LogP contribution < -0.4 is 9.47 Å². The molecule has 0 aliphatic carbocycles. The SMILES string of the molecule is CCOc1ccc(/C(O)=C2/C(=O)C(=O)N(CCOCCO)[C@@H]2c2cccc(OC)c2)cc1. The molecule has 0 aromatic heterocycles. The molecule has 1 fully saturated rings. The van der Waals surface area contributed by atoms with E-state index in [0.717, 1.165) is 0 Å². The summed E-state index contributed by atoms with van der Waals surface area (Å²) in [6.45, 7) is 2.61. The van der Waals surface area contributed by atoms with Gasteiger partial charge in [0.1, 0.15) is 17.3 Å². The lowest BCUT2D eigenvalue weighted by Crippen LogP contribution is -2.33. The van der Waals surface area contributed by atoms with Crippen molar-refractivity contribution in [2.75, 3.05) is 40.1 Å². The second-order valence-electron chi connectivity index (χ2n) is 7.06. The Morgan fingerprint density at radius 3 is 2.47 bits per heavy atom. The molecule has 0 spiro atoms. The average Bonchev–Trinajstić information content (AvgIpc) is 3.07. The lowest BCUT2D eigenvalue weighted by Gasteiger charge is -2.25. The number of amides is 1. The van der Waals surface area contributed by atoms with Gasteiger partial charge >= 0.3 is 0 Å². The second kappa shape index (κ2) is 10.8. The van der Waals surface area contributed by atoms with Crippen molar-refractivity contribution >= 4 is 17.4 Å². The zero-order valence-corrected chi connectivity index (χ0v) is 18.1. The molecule has 3 rings (SSSR count). The van der Waals surface area contributed by atoms with Crippen molar-refractivity contribution in [3.8, 4) is 11.5 Å². The molecule has 2 N–H and O–H groups in total. The molecule has 0 unspecified atom stereocenters. The van der Waals surface area contributed by atoms with E-state index < -0.39 is 17.7 Å². The molecule has 2 aromatic carbocycles. The molecule has 170 valence electrons. The highest BCUT2D eigenvalue weighted by molar-refractivity contribution is 6.46. The first-order valence-corrected chi connectivity index (χ1v) is 10.4. The van der Waals surface area contributed by atoms with Gasteiger partial charge in [0.2, 0.25) is 0 Å². The van der Waals surface area contributed by atoms with Crippen molar-refractivity contribution in [3.63, 3.8) is 0 Å². The smallest absolute Gasteiger partial charge is 0.295 e. The molecular weight excluding hydrogens is 414 g/mol. The first-order valence-electron chi connectivity index (χ1n) is 10.4. The van der Waals surface area contributed by atoms with Gasteiger partial charge in [-0.3, -0.25) is 9.59 Å². The Bertz CT molecular complexity index is 984. The Hall–Kier alpha value is -3.36. The summed E-state index contributed by atoms with van der Waals surface area (Å²) in [4.78, 5) is 27.2. The second-order valence-corrected chi connectivity index (χ2v) is 7.06. The van der Waals surface area contributed by atoms with Crippen LogP contribution in [0.4, 0.5) is 0 Å². The number of methoxy groups -OCH3 is 1. The Balaban J connectivity index is 2.05.